The third-order valence-corrected chi connectivity index (χ3v) is 4.67. The zero-order chi connectivity index (χ0) is 20.7. The number of carboxylic acids is 2. The van der Waals surface area contributed by atoms with E-state index in [-0.39, 0.29) is 11.7 Å². The van der Waals surface area contributed by atoms with Gasteiger partial charge in [0.1, 0.15) is 4.88 Å². The predicted molar refractivity (Wildman–Crippen MR) is 95.3 cm³/mol. The lowest BCUT2D eigenvalue weighted by atomic mass is 10.2. The second-order valence-corrected chi connectivity index (χ2v) is 6.52. The Morgan fingerprint density at radius 2 is 1.79 bits per heavy atom. The molecule has 0 aromatic carbocycles. The zero-order valence-electron chi connectivity index (χ0n) is 14.9. The number of hydrogen-bond donors (Lipinski definition) is 2. The monoisotopic (exact) mass is 410 g/mol. The van der Waals surface area contributed by atoms with E-state index in [1.54, 1.807) is 24.0 Å². The maximum Gasteiger partial charge on any atom is 0.414 e. The highest BCUT2D eigenvalue weighted by atomic mass is 32.1. The maximum atomic E-state index is 12.4. The van der Waals surface area contributed by atoms with Crippen molar-refractivity contribution in [2.45, 2.75) is 6.92 Å². The van der Waals surface area contributed by atoms with Gasteiger partial charge in [0.25, 0.3) is 5.91 Å². The van der Waals surface area contributed by atoms with Gasteiger partial charge in [-0.3, -0.25) is 14.5 Å². The van der Waals surface area contributed by atoms with Crippen LogP contribution in [-0.4, -0.2) is 86.0 Å². The van der Waals surface area contributed by atoms with Gasteiger partial charge in [-0.05, 0) is 30.6 Å². The summed E-state index contributed by atoms with van der Waals surface area (Å²) in [5.41, 5.74) is 0.672. The van der Waals surface area contributed by atoms with Crippen LogP contribution in [0.5, 0.6) is 0 Å². The predicted octanol–water partition coefficient (Wildman–Crippen LogP) is 0.236. The number of Topliss-reactive ketones (excluding diaryl/α,β-unsaturated/α-hetero) is 1. The first kappa shape index (κ1) is 21.2. The molecule has 28 heavy (non-hydrogen) atoms. The summed E-state index contributed by atoms with van der Waals surface area (Å²) in [4.78, 5) is 47.0. The van der Waals surface area contributed by atoms with Crippen LogP contribution in [0.25, 0.3) is 0 Å². The van der Waals surface area contributed by atoms with E-state index in [1.165, 1.54) is 6.26 Å². The first-order chi connectivity index (χ1) is 13.3. The van der Waals surface area contributed by atoms with Gasteiger partial charge < -0.3 is 19.5 Å². The molecule has 150 valence electrons. The Balaban J connectivity index is 0.000000409. The molecule has 0 bridgehead atoms. The second-order valence-electron chi connectivity index (χ2n) is 5.77. The molecule has 0 atom stereocenters. The van der Waals surface area contributed by atoms with Crippen molar-refractivity contribution in [1.82, 2.24) is 19.4 Å². The molecule has 0 saturated carbocycles. The zero-order valence-corrected chi connectivity index (χ0v) is 15.7. The molecule has 0 aliphatic carbocycles. The number of piperazine rings is 1. The van der Waals surface area contributed by atoms with Gasteiger partial charge in [-0.15, -0.1) is 5.10 Å². The number of amides is 1. The van der Waals surface area contributed by atoms with Crippen LogP contribution < -0.4 is 0 Å². The highest BCUT2D eigenvalue weighted by Crippen LogP contribution is 2.14. The molecule has 0 unspecified atom stereocenters. The molecule has 3 heterocycles. The summed E-state index contributed by atoms with van der Waals surface area (Å²) in [7, 11) is 0. The molecule has 3 rings (SSSR count). The minimum Gasteiger partial charge on any atom is -0.473 e. The quantitative estimate of drug-likeness (QED) is 0.529. The maximum absolute atomic E-state index is 12.4. The smallest absolute Gasteiger partial charge is 0.414 e. The summed E-state index contributed by atoms with van der Waals surface area (Å²) >= 11 is 1.13. The van der Waals surface area contributed by atoms with E-state index >= 15 is 0 Å². The molecule has 1 saturated heterocycles. The van der Waals surface area contributed by atoms with Crippen molar-refractivity contribution in [2.75, 3.05) is 32.7 Å². The van der Waals surface area contributed by atoms with E-state index in [2.05, 4.69) is 9.59 Å². The van der Waals surface area contributed by atoms with E-state index in [9.17, 15) is 9.59 Å². The summed E-state index contributed by atoms with van der Waals surface area (Å²) in [6.45, 7) is 4.64. The molecule has 0 spiro atoms. The summed E-state index contributed by atoms with van der Waals surface area (Å²) in [6, 6.07) is 3.37. The van der Waals surface area contributed by atoms with Crippen LogP contribution in [0.2, 0.25) is 0 Å². The highest BCUT2D eigenvalue weighted by molar-refractivity contribution is 7.07. The fourth-order valence-electron chi connectivity index (χ4n) is 2.40. The summed E-state index contributed by atoms with van der Waals surface area (Å²) in [6.07, 6.45) is 1.50. The fraction of sp³-hybridized carbons (Fsp3) is 0.375. The van der Waals surface area contributed by atoms with Gasteiger partial charge in [0.05, 0.1) is 18.5 Å². The molecular formula is C16H18N4O7S. The SMILES string of the molecule is Cc1nnsc1C(=O)N1CCN(CC(=O)c2ccco2)CC1.O=C(O)C(=O)O. The lowest BCUT2D eigenvalue weighted by Crippen LogP contribution is -2.49. The summed E-state index contributed by atoms with van der Waals surface area (Å²) < 4.78 is 8.90. The van der Waals surface area contributed by atoms with E-state index in [1.807, 2.05) is 4.90 Å². The van der Waals surface area contributed by atoms with E-state index in [0.717, 1.165) is 11.5 Å². The molecule has 1 amide bonds. The molecule has 1 fully saturated rings. The number of nitrogens with zero attached hydrogens (tertiary/aromatic N) is 4. The Labute approximate surface area is 163 Å². The number of aliphatic carboxylic acids is 2. The number of carbonyl (C=O) groups excluding carboxylic acids is 2. The lowest BCUT2D eigenvalue weighted by Gasteiger charge is -2.33. The van der Waals surface area contributed by atoms with E-state index in [0.29, 0.717) is 49.1 Å². The third-order valence-electron chi connectivity index (χ3n) is 3.85. The van der Waals surface area contributed by atoms with Crippen LogP contribution in [-0.2, 0) is 9.59 Å². The Bertz CT molecular complexity index is 829. The Hall–Kier alpha value is -3.12. The number of hydrogen-bond acceptors (Lipinski definition) is 9. The number of carboxylic acid groups (broad SMARTS) is 2. The molecular weight excluding hydrogens is 392 g/mol. The van der Waals surface area contributed by atoms with Crippen LogP contribution in [0.1, 0.15) is 25.9 Å². The summed E-state index contributed by atoms with van der Waals surface area (Å²) in [5.74, 6) is -3.33. The molecule has 12 heteroatoms. The van der Waals surface area contributed by atoms with Crippen LogP contribution in [0.4, 0.5) is 0 Å². The Kier molecular flexibility index (Phi) is 7.35. The van der Waals surface area contributed by atoms with E-state index in [4.69, 9.17) is 24.2 Å². The topological polar surface area (TPSA) is 154 Å². The van der Waals surface area contributed by atoms with Crippen molar-refractivity contribution in [3.63, 3.8) is 0 Å². The minimum atomic E-state index is -1.82. The van der Waals surface area contributed by atoms with Gasteiger partial charge >= 0.3 is 11.9 Å². The van der Waals surface area contributed by atoms with Crippen LogP contribution in [0.3, 0.4) is 0 Å². The van der Waals surface area contributed by atoms with Crippen LogP contribution in [0.15, 0.2) is 22.8 Å². The highest BCUT2D eigenvalue weighted by Gasteiger charge is 2.26. The Morgan fingerprint density at radius 3 is 2.25 bits per heavy atom. The molecule has 2 aromatic heterocycles. The molecule has 0 radical (unpaired) electrons. The minimum absolute atomic E-state index is 0.0236. The molecule has 1 aliphatic rings. The standard InChI is InChI=1S/C14H16N4O3S.C2H2O4/c1-10-13(22-16-15-10)14(20)18-6-4-17(5-7-18)9-11(19)12-3-2-8-21-12;3-1(4)2(5)6/h2-3,8H,4-7,9H2,1H3;(H,3,4)(H,5,6). The van der Waals surface area contributed by atoms with Gasteiger partial charge in [-0.2, -0.15) is 0 Å². The molecule has 11 nitrogen and oxygen atoms in total. The average molecular weight is 410 g/mol. The van der Waals surface area contributed by atoms with Crippen molar-refractivity contribution in [1.29, 1.82) is 0 Å². The number of furan rings is 1. The first-order valence-corrected chi connectivity index (χ1v) is 8.90. The van der Waals surface area contributed by atoms with Crippen molar-refractivity contribution >= 4 is 35.2 Å². The van der Waals surface area contributed by atoms with Gasteiger partial charge in [0.2, 0.25) is 5.78 Å². The normalized spacial score (nSPS) is 14.1. The van der Waals surface area contributed by atoms with Crippen molar-refractivity contribution in [3.8, 4) is 0 Å². The van der Waals surface area contributed by atoms with Gasteiger partial charge in [-0.1, -0.05) is 4.49 Å². The lowest BCUT2D eigenvalue weighted by molar-refractivity contribution is -0.159. The summed E-state index contributed by atoms with van der Waals surface area (Å²) in [5, 5.41) is 18.7. The number of carbonyl (C=O) groups is 4. The van der Waals surface area contributed by atoms with Crippen LogP contribution >= 0.6 is 11.5 Å². The largest absolute Gasteiger partial charge is 0.473 e. The number of rotatable bonds is 4. The third kappa shape index (κ3) is 5.69. The number of aryl methyl sites for hydroxylation is 1. The first-order valence-electron chi connectivity index (χ1n) is 8.13. The number of aromatic nitrogens is 2. The van der Waals surface area contributed by atoms with Crippen molar-refractivity contribution in [3.05, 3.63) is 34.7 Å². The van der Waals surface area contributed by atoms with Crippen molar-refractivity contribution in [2.24, 2.45) is 0 Å². The van der Waals surface area contributed by atoms with Crippen LogP contribution in [0, 0.1) is 6.92 Å². The average Bonchev–Trinajstić information content (AvgIpc) is 3.34. The Morgan fingerprint density at radius 1 is 1.14 bits per heavy atom. The van der Waals surface area contributed by atoms with E-state index < -0.39 is 11.9 Å². The van der Waals surface area contributed by atoms with Gasteiger partial charge in [0.15, 0.2) is 5.76 Å². The second kappa shape index (κ2) is 9.71. The van der Waals surface area contributed by atoms with Crippen molar-refractivity contribution < 1.29 is 33.8 Å². The molecule has 2 aromatic rings. The molecule has 1 aliphatic heterocycles. The number of ketones is 1. The van der Waals surface area contributed by atoms with Gasteiger partial charge in [0, 0.05) is 26.2 Å². The van der Waals surface area contributed by atoms with Gasteiger partial charge in [-0.25, -0.2) is 9.59 Å². The fourth-order valence-corrected chi connectivity index (χ4v) is 3.02. The molecule has 2 N–H and O–H groups in total.